The van der Waals surface area contributed by atoms with Gasteiger partial charge >= 0.3 is 75.6 Å². The van der Waals surface area contributed by atoms with E-state index in [9.17, 15) is 0 Å². The molecule has 0 saturated heterocycles. The van der Waals surface area contributed by atoms with E-state index in [4.69, 9.17) is 0 Å². The Kier molecular flexibility index (Phi) is 5.45. The van der Waals surface area contributed by atoms with Crippen LogP contribution in [0, 0.1) is 0 Å². The van der Waals surface area contributed by atoms with Crippen molar-refractivity contribution in [2.75, 3.05) is 0 Å². The third kappa shape index (κ3) is 2.80. The Labute approximate surface area is 87.4 Å². The van der Waals surface area contributed by atoms with Crippen molar-refractivity contribution in [2.24, 2.45) is 0 Å². The smallest absolute Gasteiger partial charge is 1.00 e. The molecule has 0 aromatic carbocycles. The van der Waals surface area contributed by atoms with Crippen molar-refractivity contribution in [3.8, 4) is 0 Å². The van der Waals surface area contributed by atoms with Crippen LogP contribution < -0.4 is 12.4 Å². The molecule has 0 bridgehead atoms. The van der Waals surface area contributed by atoms with Gasteiger partial charge in [0.15, 0.2) is 0 Å². The summed E-state index contributed by atoms with van der Waals surface area (Å²) >= 11 is -0.722. The van der Waals surface area contributed by atoms with Crippen LogP contribution in [0.2, 0.25) is 0 Å². The summed E-state index contributed by atoms with van der Waals surface area (Å²) < 4.78 is 1.94. The fraction of sp³-hybridized carbons (Fsp3) is 0.429. The molecule has 0 saturated carbocycles. The normalized spacial score (nSPS) is 16.7. The van der Waals surface area contributed by atoms with Crippen LogP contribution in [-0.2, 0) is 20.1 Å². The SMILES string of the molecule is CC1=CC[C]([Zr+]([SiH3])[SiH3])=C1C.[Cl-]. The van der Waals surface area contributed by atoms with Gasteiger partial charge in [-0.1, -0.05) is 0 Å². The maximum atomic E-state index is 2.42. The van der Waals surface area contributed by atoms with Gasteiger partial charge in [0, 0.05) is 0 Å². The van der Waals surface area contributed by atoms with E-state index in [0.717, 1.165) is 0 Å². The Morgan fingerprint density at radius 2 is 1.91 bits per heavy atom. The molecule has 0 radical (unpaired) electrons. The van der Waals surface area contributed by atoms with Crippen LogP contribution in [0.3, 0.4) is 0 Å². The minimum absolute atomic E-state index is 0. The minimum Gasteiger partial charge on any atom is -1.00 e. The minimum atomic E-state index is -0.722. The fourth-order valence-corrected chi connectivity index (χ4v) is 11.8. The van der Waals surface area contributed by atoms with Crippen LogP contribution in [-0.4, -0.2) is 14.7 Å². The second-order valence-electron chi connectivity index (χ2n) is 3.19. The van der Waals surface area contributed by atoms with Crippen LogP contribution in [0.1, 0.15) is 20.3 Å². The molecule has 0 aromatic rings. The second-order valence-corrected chi connectivity index (χ2v) is 39.2. The molecular weight excluding hydrogens is 267 g/mol. The Morgan fingerprint density at radius 3 is 2.09 bits per heavy atom. The van der Waals surface area contributed by atoms with Gasteiger partial charge in [0.25, 0.3) is 0 Å². The largest absolute Gasteiger partial charge is 1.00 e. The Morgan fingerprint density at radius 1 is 1.36 bits per heavy atom. The summed E-state index contributed by atoms with van der Waals surface area (Å²) in [5, 5.41) is 0. The molecule has 1 rings (SSSR count). The summed E-state index contributed by atoms with van der Waals surface area (Å²) in [6.07, 6.45) is 3.76. The van der Waals surface area contributed by atoms with Gasteiger partial charge < -0.3 is 12.4 Å². The quantitative estimate of drug-likeness (QED) is 0.444. The molecule has 1 aliphatic carbocycles. The second kappa shape index (κ2) is 4.96. The summed E-state index contributed by atoms with van der Waals surface area (Å²) in [6.45, 7) is 4.59. The van der Waals surface area contributed by atoms with E-state index in [1.54, 1.807) is 25.9 Å². The molecular formula is C7H15ClSi2Zr. The molecule has 1 aliphatic rings. The maximum Gasteiger partial charge on any atom is -1.00 e. The van der Waals surface area contributed by atoms with Crippen molar-refractivity contribution in [1.82, 2.24) is 0 Å². The van der Waals surface area contributed by atoms with Crippen molar-refractivity contribution >= 4 is 14.7 Å². The van der Waals surface area contributed by atoms with Gasteiger partial charge in [0.2, 0.25) is 0 Å². The Hall–Kier alpha value is 1.09. The first-order chi connectivity index (χ1) is 4.63. The summed E-state index contributed by atoms with van der Waals surface area (Å²) in [7, 11) is 3.12. The molecule has 0 fully saturated rings. The molecule has 0 aliphatic heterocycles. The van der Waals surface area contributed by atoms with E-state index in [1.807, 2.05) is 3.28 Å². The number of rotatable bonds is 1. The summed E-state index contributed by atoms with van der Waals surface area (Å²) in [6, 6.07) is 0. The predicted octanol–water partition coefficient (Wildman–Crippen LogP) is -3.21. The molecule has 0 aromatic heterocycles. The molecule has 0 atom stereocenters. The predicted molar refractivity (Wildman–Crippen MR) is 51.0 cm³/mol. The maximum absolute atomic E-state index is 2.42. The molecule has 0 unspecified atom stereocenters. The number of allylic oxidation sites excluding steroid dienone is 4. The van der Waals surface area contributed by atoms with E-state index in [2.05, 4.69) is 19.9 Å². The number of halogens is 1. The van der Waals surface area contributed by atoms with E-state index in [-0.39, 0.29) is 12.4 Å². The number of hydrogen-bond acceptors (Lipinski definition) is 0. The molecule has 11 heavy (non-hydrogen) atoms. The Balaban J connectivity index is 0.000001000. The van der Waals surface area contributed by atoms with Gasteiger partial charge in [-0.3, -0.25) is 0 Å². The zero-order valence-electron chi connectivity index (χ0n) is 7.66. The van der Waals surface area contributed by atoms with Crippen LogP contribution in [0.15, 0.2) is 20.5 Å². The van der Waals surface area contributed by atoms with Crippen LogP contribution in [0.5, 0.6) is 0 Å². The zero-order chi connectivity index (χ0) is 7.72. The fourth-order valence-electron chi connectivity index (χ4n) is 1.38. The molecule has 4 heteroatoms. The van der Waals surface area contributed by atoms with Gasteiger partial charge in [0.1, 0.15) is 0 Å². The third-order valence-electron chi connectivity index (χ3n) is 2.26. The molecule has 0 amide bonds. The number of hydrogen-bond donors (Lipinski definition) is 0. The summed E-state index contributed by atoms with van der Waals surface area (Å²) in [5.41, 5.74) is 3.25. The van der Waals surface area contributed by atoms with Crippen LogP contribution in [0.25, 0.3) is 0 Å². The first kappa shape index (κ1) is 12.1. The average molecular weight is 282 g/mol. The molecule has 0 nitrogen and oxygen atoms in total. The first-order valence-corrected chi connectivity index (χ1v) is 21.8. The van der Waals surface area contributed by atoms with Gasteiger partial charge in [-0.2, -0.15) is 0 Å². The average Bonchev–Trinajstić information content (AvgIpc) is 2.14. The van der Waals surface area contributed by atoms with Gasteiger partial charge in [-0.05, 0) is 0 Å². The standard InChI is InChI=1S/C7H9.ClH.2H3Si.Zr/c1-6-4-3-5-7(6)2;;;;/h4H,3H2,1-2H3;1H;2*1H3;/q;;;;+1/p-1. The molecule has 0 N–H and O–H groups in total. The molecule has 0 heterocycles. The van der Waals surface area contributed by atoms with Crippen molar-refractivity contribution in [3.05, 3.63) is 20.5 Å². The first-order valence-electron chi connectivity index (χ1n) is 3.80. The third-order valence-corrected chi connectivity index (χ3v) is 13.8. The van der Waals surface area contributed by atoms with Gasteiger partial charge in [0.05, 0.1) is 0 Å². The monoisotopic (exact) mass is 280 g/mol. The van der Waals surface area contributed by atoms with Gasteiger partial charge in [-0.25, -0.2) is 0 Å². The Bertz CT molecular complexity index is 208. The van der Waals surface area contributed by atoms with Crippen molar-refractivity contribution in [2.45, 2.75) is 20.3 Å². The van der Waals surface area contributed by atoms with Crippen LogP contribution in [0.4, 0.5) is 0 Å². The van der Waals surface area contributed by atoms with E-state index < -0.39 is 20.1 Å². The molecule has 0 spiro atoms. The van der Waals surface area contributed by atoms with Crippen LogP contribution >= 0.6 is 0 Å². The van der Waals surface area contributed by atoms with Gasteiger partial charge in [-0.15, -0.1) is 0 Å². The van der Waals surface area contributed by atoms with E-state index in [1.165, 1.54) is 6.42 Å². The summed E-state index contributed by atoms with van der Waals surface area (Å²) in [5.74, 6) is 0. The van der Waals surface area contributed by atoms with Crippen molar-refractivity contribution < 1.29 is 32.5 Å². The van der Waals surface area contributed by atoms with E-state index >= 15 is 0 Å². The van der Waals surface area contributed by atoms with E-state index in [0.29, 0.717) is 0 Å². The summed E-state index contributed by atoms with van der Waals surface area (Å²) in [4.78, 5) is 0. The van der Waals surface area contributed by atoms with Crippen molar-refractivity contribution in [1.29, 1.82) is 0 Å². The molecule has 62 valence electrons. The zero-order valence-corrected chi connectivity index (χ0v) is 14.9. The topological polar surface area (TPSA) is 0 Å². The van der Waals surface area contributed by atoms with Crippen molar-refractivity contribution in [3.63, 3.8) is 0 Å².